The van der Waals surface area contributed by atoms with Gasteiger partial charge in [0.2, 0.25) is 0 Å². The number of azide groups is 1. The van der Waals surface area contributed by atoms with E-state index in [1.807, 2.05) is 0 Å². The van der Waals surface area contributed by atoms with Crippen molar-refractivity contribution in [1.82, 2.24) is 9.55 Å². The lowest BCUT2D eigenvalue weighted by Crippen LogP contribution is -2.42. The average Bonchev–Trinajstić information content (AvgIpc) is 2.72. The zero-order valence-electron chi connectivity index (χ0n) is 11.4. The monoisotopic (exact) mass is 463 g/mol. The summed E-state index contributed by atoms with van der Waals surface area (Å²) in [6.45, 7) is 0. The Morgan fingerprint density at radius 1 is 1.50 bits per heavy atom. The molecular weight excluding hydrogens is 454 g/mol. The van der Waals surface area contributed by atoms with Crippen LogP contribution in [0.2, 0.25) is 0 Å². The third-order valence-corrected chi connectivity index (χ3v) is 4.45. The third kappa shape index (κ3) is 3.02. The minimum Gasteiger partial charge on any atom is -0.387 e. The maximum atomic E-state index is 12.8. The van der Waals surface area contributed by atoms with Crippen molar-refractivity contribution in [1.29, 1.82) is 0 Å². The molecule has 0 aliphatic carbocycles. The van der Waals surface area contributed by atoms with Gasteiger partial charge in [-0.25, -0.2) is 4.79 Å². The van der Waals surface area contributed by atoms with Crippen LogP contribution in [0.1, 0.15) is 11.8 Å². The topological polar surface area (TPSA) is 153 Å². The predicted molar refractivity (Wildman–Crippen MR) is 79.2 cm³/mol. The number of alkyl halides is 4. The van der Waals surface area contributed by atoms with Gasteiger partial charge in [0, 0.05) is 15.5 Å². The van der Waals surface area contributed by atoms with Crippen LogP contribution in [-0.4, -0.2) is 42.1 Å². The van der Waals surface area contributed by atoms with Gasteiger partial charge in [0.05, 0.1) is 0 Å². The lowest BCUT2D eigenvalue weighted by Gasteiger charge is -2.23. The average molecular weight is 463 g/mol. The molecule has 1 aliphatic heterocycles. The molecule has 3 N–H and O–H groups in total. The highest BCUT2D eigenvalue weighted by atomic mass is 127. The minimum atomic E-state index is -5.06. The lowest BCUT2D eigenvalue weighted by molar-refractivity contribution is -0.140. The van der Waals surface area contributed by atoms with Crippen molar-refractivity contribution < 1.29 is 28.1 Å². The Morgan fingerprint density at radius 2 is 2.12 bits per heavy atom. The van der Waals surface area contributed by atoms with E-state index in [4.69, 9.17) is 10.3 Å². The molecule has 2 rings (SSSR count). The van der Waals surface area contributed by atoms with Gasteiger partial charge in [-0.15, -0.1) is 0 Å². The summed E-state index contributed by atoms with van der Waals surface area (Å²) < 4.78 is 43.7. The van der Waals surface area contributed by atoms with Gasteiger partial charge in [-0.2, -0.15) is 13.2 Å². The van der Waals surface area contributed by atoms with E-state index in [2.05, 4.69) is 10.0 Å². The highest BCUT2D eigenvalue weighted by molar-refractivity contribution is 14.1. The van der Waals surface area contributed by atoms with Crippen molar-refractivity contribution in [3.05, 3.63) is 43.0 Å². The summed E-state index contributed by atoms with van der Waals surface area (Å²) in [4.78, 5) is 27.0. The molecule has 0 bridgehead atoms. The van der Waals surface area contributed by atoms with Gasteiger partial charge in [0.1, 0.15) is 17.8 Å². The number of nitrogens with one attached hydrogen (secondary N) is 1. The first kappa shape index (κ1) is 18.7. The largest absolute Gasteiger partial charge is 0.423 e. The number of hydrogen-bond acceptors (Lipinski definition) is 6. The first-order chi connectivity index (χ1) is 11.1. The molecule has 0 radical (unpaired) electrons. The van der Waals surface area contributed by atoms with E-state index in [-0.39, 0.29) is 15.2 Å². The molecule has 14 heteroatoms. The third-order valence-electron chi connectivity index (χ3n) is 3.36. The maximum Gasteiger partial charge on any atom is 0.423 e. The van der Waals surface area contributed by atoms with Crippen molar-refractivity contribution >= 4 is 22.6 Å². The summed E-state index contributed by atoms with van der Waals surface area (Å²) in [6.07, 6.45) is -10.4. The molecule has 10 nitrogen and oxygen atoms in total. The molecule has 1 aliphatic rings. The molecule has 0 saturated carbocycles. The summed E-state index contributed by atoms with van der Waals surface area (Å²) >= 11 is 1.67. The number of nitrogens with zero attached hydrogens (tertiary/aromatic N) is 4. The lowest BCUT2D eigenvalue weighted by atomic mass is 10.1. The van der Waals surface area contributed by atoms with Crippen molar-refractivity contribution in [3.8, 4) is 0 Å². The molecule has 1 aromatic heterocycles. The SMILES string of the molecule is [N-]=[N+]=N[C@]1(CI)O[C@@H](n2cc(C(F)(F)F)c(=O)[nH]c2=O)[C@H](O)[C@@H]1O. The van der Waals surface area contributed by atoms with Crippen LogP contribution in [0.3, 0.4) is 0 Å². The molecule has 0 unspecified atom stereocenters. The van der Waals surface area contributed by atoms with Crippen LogP contribution in [-0.2, 0) is 10.9 Å². The number of H-pyrrole nitrogens is 1. The van der Waals surface area contributed by atoms with Crippen LogP contribution in [0.15, 0.2) is 20.9 Å². The van der Waals surface area contributed by atoms with E-state index < -0.39 is 47.1 Å². The maximum absolute atomic E-state index is 12.8. The number of aliphatic hydroxyl groups is 2. The molecule has 1 saturated heterocycles. The van der Waals surface area contributed by atoms with E-state index in [1.54, 1.807) is 22.6 Å². The zero-order chi connectivity index (χ0) is 18.3. The second-order valence-electron chi connectivity index (χ2n) is 4.82. The Morgan fingerprint density at radius 3 is 2.62 bits per heavy atom. The number of rotatable bonds is 3. The highest BCUT2D eigenvalue weighted by Gasteiger charge is 2.54. The molecule has 2 heterocycles. The van der Waals surface area contributed by atoms with Crippen LogP contribution in [0.5, 0.6) is 0 Å². The Labute approximate surface area is 143 Å². The minimum absolute atomic E-state index is 0.159. The van der Waals surface area contributed by atoms with Gasteiger partial charge in [-0.3, -0.25) is 14.3 Å². The number of aromatic amines is 1. The number of ether oxygens (including phenoxy) is 1. The standard InChI is InChI=1S/C10H9F3IN5O5/c11-10(12,13)3-1-19(8(23)16-6(3)22)7-4(20)5(21)9(2-14,24-7)17-18-15/h1,4-5,7,20-21H,2H2,(H,16,22,23)/t4-,5+,7-,9-/m1/s1. The second kappa shape index (κ2) is 6.36. The van der Waals surface area contributed by atoms with E-state index in [1.165, 1.54) is 4.98 Å². The fourth-order valence-electron chi connectivity index (χ4n) is 2.16. The Bertz CT molecular complexity index is 803. The fraction of sp³-hybridized carbons (Fsp3) is 0.600. The van der Waals surface area contributed by atoms with E-state index in [0.717, 1.165) is 0 Å². The number of aromatic nitrogens is 2. The summed E-state index contributed by atoms with van der Waals surface area (Å²) in [5.41, 5.74) is 1.92. The first-order valence-electron chi connectivity index (χ1n) is 6.16. The van der Waals surface area contributed by atoms with Crippen molar-refractivity contribution in [2.45, 2.75) is 30.3 Å². The van der Waals surface area contributed by atoms with Crippen LogP contribution in [0, 0.1) is 0 Å². The van der Waals surface area contributed by atoms with E-state index in [9.17, 15) is 33.0 Å². The number of hydrogen-bond donors (Lipinski definition) is 3. The van der Waals surface area contributed by atoms with E-state index in [0.29, 0.717) is 0 Å². The van der Waals surface area contributed by atoms with E-state index >= 15 is 0 Å². The Balaban J connectivity index is 2.59. The first-order valence-corrected chi connectivity index (χ1v) is 7.69. The number of halogens is 4. The van der Waals surface area contributed by atoms with Gasteiger partial charge < -0.3 is 14.9 Å². The molecule has 0 aromatic carbocycles. The Kier molecular flexibility index (Phi) is 4.96. The smallest absolute Gasteiger partial charge is 0.387 e. The molecular formula is C10H9F3IN5O5. The van der Waals surface area contributed by atoms with Crippen molar-refractivity contribution in [2.75, 3.05) is 4.43 Å². The number of aliphatic hydroxyl groups excluding tert-OH is 2. The highest BCUT2D eigenvalue weighted by Crippen LogP contribution is 2.39. The summed E-state index contributed by atoms with van der Waals surface area (Å²) in [5.74, 6) is 0. The summed E-state index contributed by atoms with van der Waals surface area (Å²) in [7, 11) is 0. The van der Waals surface area contributed by atoms with Gasteiger partial charge >= 0.3 is 11.9 Å². The zero-order valence-corrected chi connectivity index (χ0v) is 13.6. The fourth-order valence-corrected chi connectivity index (χ4v) is 2.95. The summed E-state index contributed by atoms with van der Waals surface area (Å²) in [6, 6.07) is 0. The van der Waals surface area contributed by atoms with Gasteiger partial charge in [-0.1, -0.05) is 27.7 Å². The van der Waals surface area contributed by atoms with Gasteiger partial charge in [-0.05, 0) is 5.53 Å². The molecule has 1 aromatic rings. The molecule has 4 atom stereocenters. The van der Waals surface area contributed by atoms with Crippen LogP contribution >= 0.6 is 22.6 Å². The van der Waals surface area contributed by atoms with Crippen molar-refractivity contribution in [2.24, 2.45) is 5.11 Å². The molecule has 1 fully saturated rings. The van der Waals surface area contributed by atoms with Crippen LogP contribution in [0.4, 0.5) is 13.2 Å². The second-order valence-corrected chi connectivity index (χ2v) is 5.58. The predicted octanol–water partition coefficient (Wildman–Crippen LogP) is 0.248. The quantitative estimate of drug-likeness (QED) is 0.193. The normalized spacial score (nSPS) is 30.2. The Hall–Kier alpha value is -1.61. The van der Waals surface area contributed by atoms with Crippen molar-refractivity contribution in [3.63, 3.8) is 0 Å². The molecule has 132 valence electrons. The van der Waals surface area contributed by atoms with Crippen LogP contribution in [0.25, 0.3) is 10.4 Å². The molecule has 24 heavy (non-hydrogen) atoms. The molecule has 0 amide bonds. The van der Waals surface area contributed by atoms with Crippen LogP contribution < -0.4 is 11.2 Å². The van der Waals surface area contributed by atoms with Gasteiger partial charge in [0.15, 0.2) is 12.0 Å². The van der Waals surface area contributed by atoms with Gasteiger partial charge in [0.25, 0.3) is 5.56 Å². The molecule has 0 spiro atoms. The summed E-state index contributed by atoms with van der Waals surface area (Å²) in [5, 5.41) is 23.2.